The molecule has 0 fully saturated rings. The number of carboxylic acids is 1. The molecule has 0 unspecified atom stereocenters. The molecule has 1 atom stereocenters. The number of rotatable bonds is 4. The van der Waals surface area contributed by atoms with Gasteiger partial charge in [-0.05, 0) is 12.1 Å². The fraction of sp³-hybridized carbons (Fsp3) is 0.200. The maximum Gasteiger partial charge on any atom is 0.320 e. The maximum absolute atomic E-state index is 11.6. The van der Waals surface area contributed by atoms with Crippen molar-refractivity contribution in [1.82, 2.24) is 6.15 Å². The number of carboxylic acid groups (broad SMARTS) is 1. The molecule has 0 saturated heterocycles. The van der Waals surface area contributed by atoms with Crippen LogP contribution in [0, 0.1) is 0 Å². The molecule has 0 bridgehead atoms. The van der Waals surface area contributed by atoms with Gasteiger partial charge < -0.3 is 22.7 Å². The highest BCUT2D eigenvalue weighted by Gasteiger charge is 2.18. The van der Waals surface area contributed by atoms with Crippen LogP contribution in [0.15, 0.2) is 24.3 Å². The van der Waals surface area contributed by atoms with Crippen molar-refractivity contribution in [3.05, 3.63) is 29.8 Å². The van der Waals surface area contributed by atoms with Gasteiger partial charge in [-0.1, -0.05) is 12.1 Å². The van der Waals surface area contributed by atoms with Crippen LogP contribution in [0.3, 0.4) is 0 Å². The summed E-state index contributed by atoms with van der Waals surface area (Å²) in [6, 6.07) is 5.31. The summed E-state index contributed by atoms with van der Waals surface area (Å²) < 4.78 is 0. The van der Waals surface area contributed by atoms with E-state index >= 15 is 0 Å². The van der Waals surface area contributed by atoms with Crippen molar-refractivity contribution in [3.63, 3.8) is 0 Å². The van der Waals surface area contributed by atoms with Gasteiger partial charge in [0.1, 0.15) is 6.04 Å². The first-order valence-corrected chi connectivity index (χ1v) is 4.38. The minimum absolute atomic E-state index is 0. The third-order valence-electron chi connectivity index (χ3n) is 1.98. The van der Waals surface area contributed by atoms with Crippen LogP contribution in [0.25, 0.3) is 0 Å². The van der Waals surface area contributed by atoms with Gasteiger partial charge >= 0.3 is 5.97 Å². The van der Waals surface area contributed by atoms with E-state index in [1.54, 1.807) is 24.3 Å². The predicted octanol–water partition coefficient (Wildman–Crippen LogP) is 0.415. The Morgan fingerprint density at radius 1 is 1.31 bits per heavy atom. The van der Waals surface area contributed by atoms with Gasteiger partial charge in [-0.2, -0.15) is 0 Å². The topological polar surface area (TPSA) is 141 Å². The Bertz CT molecular complexity index is 393. The van der Waals surface area contributed by atoms with Crippen LogP contribution < -0.4 is 17.6 Å². The van der Waals surface area contributed by atoms with Crippen molar-refractivity contribution >= 4 is 17.4 Å². The zero-order valence-corrected chi connectivity index (χ0v) is 8.72. The molecule has 0 saturated carbocycles. The Morgan fingerprint density at radius 3 is 2.38 bits per heavy atom. The molecule has 0 spiro atoms. The first-order valence-electron chi connectivity index (χ1n) is 4.38. The number of hydrogen-bond donors (Lipinski definition) is 4. The molecule has 0 amide bonds. The third kappa shape index (κ3) is 3.34. The molecule has 8 N–H and O–H groups in total. The molecule has 0 aliphatic rings. The van der Waals surface area contributed by atoms with Gasteiger partial charge in [0, 0.05) is 17.7 Å². The summed E-state index contributed by atoms with van der Waals surface area (Å²) in [7, 11) is 0. The number of aliphatic carboxylic acids is 1. The van der Waals surface area contributed by atoms with Crippen LogP contribution in [0.4, 0.5) is 5.69 Å². The van der Waals surface area contributed by atoms with E-state index in [4.69, 9.17) is 16.6 Å². The van der Waals surface area contributed by atoms with Crippen molar-refractivity contribution in [2.75, 3.05) is 5.73 Å². The van der Waals surface area contributed by atoms with Gasteiger partial charge in [-0.15, -0.1) is 0 Å². The van der Waals surface area contributed by atoms with Crippen LogP contribution >= 0.6 is 0 Å². The summed E-state index contributed by atoms with van der Waals surface area (Å²) in [6.07, 6.45) is -0.246. The fourth-order valence-electron chi connectivity index (χ4n) is 1.15. The van der Waals surface area contributed by atoms with Crippen molar-refractivity contribution in [3.8, 4) is 0 Å². The lowest BCUT2D eigenvalue weighted by Crippen LogP contribution is -2.32. The highest BCUT2D eigenvalue weighted by molar-refractivity contribution is 6.02. The lowest BCUT2D eigenvalue weighted by molar-refractivity contribution is -0.138. The number of ketones is 1. The number of benzene rings is 1. The molecule has 6 heteroatoms. The van der Waals surface area contributed by atoms with Gasteiger partial charge in [0.25, 0.3) is 0 Å². The van der Waals surface area contributed by atoms with Crippen LogP contribution in [0.1, 0.15) is 16.8 Å². The molecule has 16 heavy (non-hydrogen) atoms. The van der Waals surface area contributed by atoms with Crippen LogP contribution in [0.5, 0.6) is 0 Å². The summed E-state index contributed by atoms with van der Waals surface area (Å²) >= 11 is 0. The number of carbonyl (C=O) groups excluding carboxylic acids is 1. The number of Topliss-reactive ketones (excluding diaryl/α,β-unsaturated/α-hetero) is 1. The van der Waals surface area contributed by atoms with Crippen molar-refractivity contribution in [2.45, 2.75) is 12.5 Å². The van der Waals surface area contributed by atoms with E-state index in [-0.39, 0.29) is 18.4 Å². The molecule has 1 rings (SSSR count). The maximum atomic E-state index is 11.6. The fourth-order valence-corrected chi connectivity index (χ4v) is 1.15. The van der Waals surface area contributed by atoms with Crippen LogP contribution in [0.2, 0.25) is 0 Å². The summed E-state index contributed by atoms with van der Waals surface area (Å²) in [4.78, 5) is 22.0. The summed E-state index contributed by atoms with van der Waals surface area (Å²) in [5, 5.41) is 8.54. The van der Waals surface area contributed by atoms with E-state index < -0.39 is 12.0 Å². The van der Waals surface area contributed by atoms with E-state index in [1.165, 1.54) is 0 Å². The molecule has 1 aromatic carbocycles. The van der Waals surface area contributed by atoms with E-state index in [0.29, 0.717) is 11.3 Å². The Hall–Kier alpha value is -1.92. The van der Waals surface area contributed by atoms with E-state index in [1.807, 2.05) is 0 Å². The number of para-hydroxylation sites is 1. The molecular weight excluding hydrogens is 210 g/mol. The SMILES string of the molecule is N.Nc1ccccc1C(=O)C[C@H](N)C(=O)O. The molecule has 1 aromatic rings. The lowest BCUT2D eigenvalue weighted by Gasteiger charge is -2.07. The number of anilines is 1. The summed E-state index contributed by atoms with van der Waals surface area (Å²) in [6.45, 7) is 0. The van der Waals surface area contributed by atoms with Crippen LogP contribution in [-0.4, -0.2) is 22.9 Å². The van der Waals surface area contributed by atoms with E-state index in [0.717, 1.165) is 0 Å². The quantitative estimate of drug-likeness (QED) is 0.432. The van der Waals surface area contributed by atoms with Gasteiger partial charge in [-0.3, -0.25) is 9.59 Å². The molecule has 0 heterocycles. The number of hydrogen-bond acceptors (Lipinski definition) is 5. The normalized spacial score (nSPS) is 11.3. The second-order valence-electron chi connectivity index (χ2n) is 3.16. The minimum Gasteiger partial charge on any atom is -0.480 e. The predicted molar refractivity (Wildman–Crippen MR) is 60.4 cm³/mol. The average molecular weight is 225 g/mol. The Morgan fingerprint density at radius 2 is 1.88 bits per heavy atom. The van der Waals surface area contributed by atoms with E-state index in [9.17, 15) is 9.59 Å². The molecule has 0 radical (unpaired) electrons. The monoisotopic (exact) mass is 225 g/mol. The number of nitrogen functional groups attached to an aromatic ring is 1. The average Bonchev–Trinajstić information content (AvgIpc) is 2.18. The standard InChI is InChI=1S/C10H12N2O3.H3N/c11-7-4-2-1-3-6(7)9(13)5-8(12)10(14)15;/h1-4,8H,5,11-12H2,(H,14,15);1H3/t8-;/m0./s1. The first-order chi connectivity index (χ1) is 7.02. The highest BCUT2D eigenvalue weighted by atomic mass is 16.4. The van der Waals surface area contributed by atoms with Crippen molar-refractivity contribution < 1.29 is 14.7 Å². The number of carbonyl (C=O) groups is 2. The van der Waals surface area contributed by atoms with Crippen LogP contribution in [-0.2, 0) is 4.79 Å². The zero-order chi connectivity index (χ0) is 11.4. The van der Waals surface area contributed by atoms with E-state index in [2.05, 4.69) is 0 Å². The molecule has 0 aromatic heterocycles. The summed E-state index contributed by atoms with van der Waals surface area (Å²) in [5.41, 5.74) is 11.5. The van der Waals surface area contributed by atoms with Crippen molar-refractivity contribution in [2.24, 2.45) is 5.73 Å². The highest BCUT2D eigenvalue weighted by Crippen LogP contribution is 2.13. The largest absolute Gasteiger partial charge is 0.480 e. The smallest absolute Gasteiger partial charge is 0.320 e. The summed E-state index contributed by atoms with van der Waals surface area (Å²) in [5.74, 6) is -1.55. The van der Waals surface area contributed by atoms with Gasteiger partial charge in [-0.25, -0.2) is 0 Å². The Labute approximate surface area is 92.8 Å². The molecule has 6 nitrogen and oxygen atoms in total. The molecule has 0 aliphatic carbocycles. The Balaban J connectivity index is 0.00000225. The van der Waals surface area contributed by atoms with Crippen molar-refractivity contribution in [1.29, 1.82) is 0 Å². The van der Waals surface area contributed by atoms with Gasteiger partial charge in [0.15, 0.2) is 5.78 Å². The number of nitrogens with two attached hydrogens (primary N) is 2. The zero-order valence-electron chi connectivity index (χ0n) is 8.72. The first kappa shape index (κ1) is 14.1. The second kappa shape index (κ2) is 5.84. The third-order valence-corrected chi connectivity index (χ3v) is 1.98. The molecule has 88 valence electrons. The minimum atomic E-state index is -1.20. The molecule has 0 aliphatic heterocycles. The second-order valence-corrected chi connectivity index (χ2v) is 3.16. The van der Waals surface area contributed by atoms with Gasteiger partial charge in [0.2, 0.25) is 0 Å². The Kier molecular flexibility index (Phi) is 5.14. The molecular formula is C10H15N3O3. The lowest BCUT2D eigenvalue weighted by atomic mass is 10.0. The van der Waals surface area contributed by atoms with Gasteiger partial charge in [0.05, 0.1) is 0 Å².